The molecule has 1 aliphatic rings. The predicted octanol–water partition coefficient (Wildman–Crippen LogP) is 4.22. The minimum atomic E-state index is -2.13. The maximum atomic E-state index is 12.4. The normalized spacial score (nSPS) is 16.2. The van der Waals surface area contributed by atoms with Crippen molar-refractivity contribution in [1.29, 1.82) is 0 Å². The van der Waals surface area contributed by atoms with Gasteiger partial charge in [0.05, 0.1) is 23.1 Å². The molecule has 0 spiro atoms. The smallest absolute Gasteiger partial charge is 0.310 e. The lowest BCUT2D eigenvalue weighted by Crippen LogP contribution is -2.45. The van der Waals surface area contributed by atoms with Crippen molar-refractivity contribution in [3.63, 3.8) is 0 Å². The molecular weight excluding hydrogens is 479 g/mol. The summed E-state index contributed by atoms with van der Waals surface area (Å²) in [6, 6.07) is 6.04. The van der Waals surface area contributed by atoms with Crippen LogP contribution in [0.25, 0.3) is 0 Å². The van der Waals surface area contributed by atoms with Crippen LogP contribution in [-0.4, -0.2) is 50.1 Å². The number of fused-ring (bicyclic) bond motifs is 1. The zero-order valence-electron chi connectivity index (χ0n) is 17.9. The molecule has 2 N–H and O–H groups in total. The van der Waals surface area contributed by atoms with Crippen molar-refractivity contribution < 1.29 is 24.3 Å². The van der Waals surface area contributed by atoms with Crippen molar-refractivity contribution >= 4 is 58.5 Å². The second-order valence-corrected chi connectivity index (χ2v) is 10.3. The maximum Gasteiger partial charge on any atom is 0.310 e. The number of alkyl halides is 3. The number of halogens is 3. The molecule has 2 unspecified atom stereocenters. The van der Waals surface area contributed by atoms with Crippen LogP contribution >= 0.6 is 34.8 Å². The molecule has 32 heavy (non-hydrogen) atoms. The third-order valence-corrected chi connectivity index (χ3v) is 5.77. The van der Waals surface area contributed by atoms with E-state index in [1.165, 1.54) is 0 Å². The van der Waals surface area contributed by atoms with Crippen LogP contribution in [0.3, 0.4) is 0 Å². The minimum absolute atomic E-state index is 0.0876. The third-order valence-electron chi connectivity index (χ3n) is 5.26. The number of carboxylic acids is 1. The molecule has 0 saturated heterocycles. The van der Waals surface area contributed by atoms with Crippen LogP contribution in [0.1, 0.15) is 54.3 Å². The van der Waals surface area contributed by atoms with Gasteiger partial charge >= 0.3 is 5.97 Å². The van der Waals surface area contributed by atoms with E-state index in [9.17, 15) is 24.3 Å². The van der Waals surface area contributed by atoms with Crippen molar-refractivity contribution in [2.75, 3.05) is 6.54 Å². The van der Waals surface area contributed by atoms with Crippen LogP contribution in [0.4, 0.5) is 0 Å². The number of aliphatic carboxylic acids is 1. The van der Waals surface area contributed by atoms with Gasteiger partial charge in [0.2, 0.25) is 0 Å². The van der Waals surface area contributed by atoms with Crippen molar-refractivity contribution in [2.45, 2.75) is 43.4 Å². The Balaban J connectivity index is 2.06. The molecule has 0 aliphatic carbocycles. The Morgan fingerprint density at radius 1 is 1.12 bits per heavy atom. The summed E-state index contributed by atoms with van der Waals surface area (Å²) in [6.07, 6.45) is 2.05. The Labute approximate surface area is 201 Å². The van der Waals surface area contributed by atoms with Gasteiger partial charge in [-0.2, -0.15) is 0 Å². The summed E-state index contributed by atoms with van der Waals surface area (Å²) in [5.41, 5.74) is 1.32. The summed E-state index contributed by atoms with van der Waals surface area (Å²) in [5, 5.41) is 12.3. The molecule has 7 nitrogen and oxygen atoms in total. The molecule has 1 heterocycles. The average Bonchev–Trinajstić information content (AvgIpc) is 2.94. The lowest BCUT2D eigenvalue weighted by Gasteiger charge is -2.26. The van der Waals surface area contributed by atoms with E-state index in [1.54, 1.807) is 37.3 Å². The van der Waals surface area contributed by atoms with Gasteiger partial charge in [0.15, 0.2) is 0 Å². The Kier molecular flexibility index (Phi) is 8.74. The number of amides is 3. The highest BCUT2D eigenvalue weighted by Crippen LogP contribution is 2.28. The monoisotopic (exact) mass is 502 g/mol. The van der Waals surface area contributed by atoms with Gasteiger partial charge < -0.3 is 10.4 Å². The van der Waals surface area contributed by atoms with Gasteiger partial charge in [0.1, 0.15) is 0 Å². The fraction of sp³-hybridized carbons (Fsp3) is 0.455. The second kappa shape index (κ2) is 10.7. The second-order valence-electron chi connectivity index (χ2n) is 8.00. The average molecular weight is 504 g/mol. The molecule has 2 atom stereocenters. The highest BCUT2D eigenvalue weighted by atomic mass is 35.6. The Morgan fingerprint density at radius 3 is 2.09 bits per heavy atom. The predicted molar refractivity (Wildman–Crippen MR) is 123 cm³/mol. The first-order valence-corrected chi connectivity index (χ1v) is 11.2. The highest BCUT2D eigenvalue weighted by Gasteiger charge is 2.35. The largest absolute Gasteiger partial charge is 0.481 e. The number of nitrogens with one attached hydrogen (secondary N) is 1. The first-order chi connectivity index (χ1) is 14.8. The van der Waals surface area contributed by atoms with E-state index in [-0.39, 0.29) is 30.7 Å². The standard InChI is InChI=1S/C22H25Cl3N2O5/c1-12(2)17(26-21(32)22(23,24)25)13(3)11-14(20(30)31)7-6-10-27-18(28)15-8-4-5-9-16(15)19(27)29/h4-5,8-9,11-12,14,17H,6-7,10H2,1-3H3,(H,26,32)(H,30,31)/b13-11+. The molecule has 1 aromatic rings. The fourth-order valence-electron chi connectivity index (χ4n) is 3.64. The van der Waals surface area contributed by atoms with E-state index in [2.05, 4.69) is 5.32 Å². The first kappa shape index (κ1) is 26.2. The Hall–Kier alpha value is -2.09. The molecule has 1 aliphatic heterocycles. The number of carbonyl (C=O) groups is 4. The number of carboxylic acid groups (broad SMARTS) is 1. The summed E-state index contributed by atoms with van der Waals surface area (Å²) < 4.78 is -2.13. The van der Waals surface area contributed by atoms with Crippen LogP contribution < -0.4 is 5.32 Å². The van der Waals surface area contributed by atoms with Crippen molar-refractivity contribution in [1.82, 2.24) is 10.2 Å². The van der Waals surface area contributed by atoms with E-state index < -0.39 is 27.6 Å². The molecule has 0 aromatic heterocycles. The molecule has 2 rings (SSSR count). The van der Waals surface area contributed by atoms with Gasteiger partial charge in [0.25, 0.3) is 21.5 Å². The van der Waals surface area contributed by atoms with Gasteiger partial charge in [-0.25, -0.2) is 0 Å². The van der Waals surface area contributed by atoms with Gasteiger partial charge in [0, 0.05) is 6.54 Å². The lowest BCUT2D eigenvalue weighted by molar-refractivity contribution is -0.140. The Morgan fingerprint density at radius 2 is 1.66 bits per heavy atom. The van der Waals surface area contributed by atoms with Crippen LogP contribution in [0.15, 0.2) is 35.9 Å². The molecule has 0 saturated carbocycles. The lowest BCUT2D eigenvalue weighted by atomic mass is 9.92. The number of carbonyl (C=O) groups excluding carboxylic acids is 3. The maximum absolute atomic E-state index is 12.4. The number of hydrogen-bond donors (Lipinski definition) is 2. The van der Waals surface area contributed by atoms with Gasteiger partial charge in [-0.1, -0.05) is 72.4 Å². The first-order valence-electron chi connectivity index (χ1n) is 10.1. The zero-order valence-corrected chi connectivity index (χ0v) is 20.2. The summed E-state index contributed by atoms with van der Waals surface area (Å²) in [6.45, 7) is 5.50. The summed E-state index contributed by atoms with van der Waals surface area (Å²) in [5.74, 6) is -3.57. The molecule has 0 fully saturated rings. The number of nitrogens with zero attached hydrogens (tertiary/aromatic N) is 1. The fourth-order valence-corrected chi connectivity index (χ4v) is 3.80. The van der Waals surface area contributed by atoms with E-state index in [1.807, 2.05) is 13.8 Å². The quantitative estimate of drug-likeness (QED) is 0.298. The molecule has 1 aromatic carbocycles. The van der Waals surface area contributed by atoms with Gasteiger partial charge in [-0.05, 0) is 37.8 Å². The number of benzene rings is 1. The van der Waals surface area contributed by atoms with Crippen LogP contribution in [0, 0.1) is 11.8 Å². The van der Waals surface area contributed by atoms with Gasteiger partial charge in [-0.3, -0.25) is 24.1 Å². The molecule has 10 heteroatoms. The van der Waals surface area contributed by atoms with Crippen LogP contribution in [-0.2, 0) is 9.59 Å². The van der Waals surface area contributed by atoms with E-state index >= 15 is 0 Å². The van der Waals surface area contributed by atoms with E-state index in [4.69, 9.17) is 34.8 Å². The highest BCUT2D eigenvalue weighted by molar-refractivity contribution is 6.76. The molecule has 0 bridgehead atoms. The zero-order chi connectivity index (χ0) is 24.2. The summed E-state index contributed by atoms with van der Waals surface area (Å²) in [7, 11) is 0. The van der Waals surface area contributed by atoms with Crippen molar-refractivity contribution in [2.24, 2.45) is 11.8 Å². The minimum Gasteiger partial charge on any atom is -0.481 e. The molecule has 0 radical (unpaired) electrons. The van der Waals surface area contributed by atoms with Gasteiger partial charge in [-0.15, -0.1) is 0 Å². The molecule has 3 amide bonds. The number of imide groups is 1. The third kappa shape index (κ3) is 6.24. The number of rotatable bonds is 9. The topological polar surface area (TPSA) is 104 Å². The Bertz CT molecular complexity index is 905. The van der Waals surface area contributed by atoms with E-state index in [0.29, 0.717) is 23.1 Å². The van der Waals surface area contributed by atoms with Crippen molar-refractivity contribution in [3.05, 3.63) is 47.0 Å². The summed E-state index contributed by atoms with van der Waals surface area (Å²) >= 11 is 16.9. The summed E-state index contributed by atoms with van der Waals surface area (Å²) in [4.78, 5) is 49.9. The number of hydrogen-bond acceptors (Lipinski definition) is 4. The molecular formula is C22H25Cl3N2O5. The SMILES string of the molecule is C/C(=C\C(CCCN1C(=O)c2ccccc2C1=O)C(=O)O)C(NC(=O)C(Cl)(Cl)Cl)C(C)C. The van der Waals surface area contributed by atoms with Crippen LogP contribution in [0.5, 0.6) is 0 Å². The van der Waals surface area contributed by atoms with Crippen molar-refractivity contribution in [3.8, 4) is 0 Å². The van der Waals surface area contributed by atoms with E-state index in [0.717, 1.165) is 4.90 Å². The van der Waals surface area contributed by atoms with Crippen LogP contribution in [0.2, 0.25) is 0 Å². The molecule has 174 valence electrons.